The maximum Gasteiger partial charge on any atom is 0.419 e. The lowest BCUT2D eigenvalue weighted by molar-refractivity contribution is -0.149. The summed E-state index contributed by atoms with van der Waals surface area (Å²) < 4.78 is 5.37. The molecule has 2 amide bonds. The molecule has 0 spiro atoms. The molecule has 0 saturated heterocycles. The van der Waals surface area contributed by atoms with E-state index in [9.17, 15) is 24.3 Å². The van der Waals surface area contributed by atoms with Crippen LogP contribution in [-0.4, -0.2) is 69.5 Å². The number of guanidine groups is 1. The van der Waals surface area contributed by atoms with Crippen LogP contribution in [0.2, 0.25) is 0 Å². The Bertz CT molecular complexity index is 1140. The molecule has 0 heterocycles. The topological polar surface area (TPSA) is 215 Å². The number of carbonyl (C=O) groups is 4. The van der Waals surface area contributed by atoms with Gasteiger partial charge in [0.15, 0.2) is 5.96 Å². The van der Waals surface area contributed by atoms with Crippen LogP contribution in [0, 0.1) is 5.41 Å². The molecule has 2 rings (SSSR count). The fourth-order valence-corrected chi connectivity index (χ4v) is 4.78. The van der Waals surface area contributed by atoms with Crippen LogP contribution in [0.15, 0.2) is 60.7 Å². The van der Waals surface area contributed by atoms with Gasteiger partial charge in [0.05, 0.1) is 6.04 Å². The first-order valence-electron chi connectivity index (χ1n) is 12.2. The summed E-state index contributed by atoms with van der Waals surface area (Å²) in [4.78, 5) is 51.6. The number of halogens is 1. The number of amides is 2. The summed E-state index contributed by atoms with van der Waals surface area (Å²) >= 11 is 0.519. The molecule has 2 aromatic carbocycles. The highest BCUT2D eigenvalue weighted by Crippen LogP contribution is 2.36. The summed E-state index contributed by atoms with van der Waals surface area (Å²) in [6.45, 7) is 0.0483. The van der Waals surface area contributed by atoms with Crippen molar-refractivity contribution in [2.45, 2.75) is 36.8 Å². The van der Waals surface area contributed by atoms with Crippen LogP contribution in [0.1, 0.15) is 35.2 Å². The van der Waals surface area contributed by atoms with Gasteiger partial charge in [-0.15, -0.1) is 24.2 Å². The molecule has 0 aliphatic carbocycles. The van der Waals surface area contributed by atoms with Crippen molar-refractivity contribution in [2.75, 3.05) is 18.8 Å². The van der Waals surface area contributed by atoms with Crippen molar-refractivity contribution in [1.82, 2.24) is 10.2 Å². The molecule has 14 heteroatoms. The molecule has 0 bridgehead atoms. The SMILES string of the molecule is Cl.N=C(N)NCCSC(C(=O)O)(C(=O)c1ccccc1)N(C(=O)OCc1ccccc1)C(=O)[C@@H](N)CCCCN. The number of unbranched alkanes of at least 4 members (excludes halogenated alkanes) is 1. The molecule has 0 saturated carbocycles. The van der Waals surface area contributed by atoms with Gasteiger partial charge in [0, 0.05) is 17.9 Å². The molecular weight excluding hydrogens is 560 g/mol. The minimum atomic E-state index is -2.77. The Morgan fingerprint density at radius 3 is 2.20 bits per heavy atom. The zero-order chi connectivity index (χ0) is 28.8. The average Bonchev–Trinajstić information content (AvgIpc) is 2.93. The number of carboxylic acid groups (broad SMARTS) is 1. The number of rotatable bonds is 15. The molecule has 0 aliphatic rings. The first-order chi connectivity index (χ1) is 18.6. The molecule has 0 fully saturated rings. The summed E-state index contributed by atoms with van der Waals surface area (Å²) in [5.74, 6) is -4.36. The molecule has 40 heavy (non-hydrogen) atoms. The van der Waals surface area contributed by atoms with E-state index in [1.165, 1.54) is 24.3 Å². The van der Waals surface area contributed by atoms with Crippen molar-refractivity contribution >= 4 is 53.9 Å². The minimum absolute atomic E-state index is 0. The second kappa shape index (κ2) is 17.1. The van der Waals surface area contributed by atoms with E-state index in [0.717, 1.165) is 0 Å². The molecule has 218 valence electrons. The Morgan fingerprint density at radius 1 is 1.05 bits per heavy atom. The number of carbonyl (C=O) groups excluding carboxylic acids is 3. The first-order valence-corrected chi connectivity index (χ1v) is 13.2. The van der Waals surface area contributed by atoms with Gasteiger partial charge in [0.25, 0.3) is 10.8 Å². The Balaban J connectivity index is 0.00000800. The molecule has 0 aliphatic heterocycles. The third-order valence-electron chi connectivity index (χ3n) is 5.57. The first kappa shape index (κ1) is 34.4. The highest BCUT2D eigenvalue weighted by molar-refractivity contribution is 8.02. The number of Topliss-reactive ketones (excluding diaryl/α,β-unsaturated/α-hetero) is 1. The standard InChI is InChI=1S/C26H34N6O6S.ClH/c27-14-8-7-13-20(28)22(34)32(25(37)38-17-18-9-3-1-4-10-18)26(23(35)36,39-16-15-31-24(29)30)21(33)19-11-5-2-6-12-19;/h1-6,9-12,20H,7-8,13-17,27-28H2,(H,35,36)(H4,29,30,31);1H/t20-,26?;/m0./s1. The smallest absolute Gasteiger partial charge is 0.419 e. The highest BCUT2D eigenvalue weighted by atomic mass is 35.5. The van der Waals surface area contributed by atoms with Gasteiger partial charge in [0.2, 0.25) is 5.78 Å². The van der Waals surface area contributed by atoms with E-state index in [2.05, 4.69) is 5.32 Å². The van der Waals surface area contributed by atoms with Crippen LogP contribution in [0.4, 0.5) is 4.79 Å². The van der Waals surface area contributed by atoms with Gasteiger partial charge in [-0.2, -0.15) is 0 Å². The van der Waals surface area contributed by atoms with E-state index in [0.29, 0.717) is 41.6 Å². The van der Waals surface area contributed by atoms with Crippen molar-refractivity contribution in [3.8, 4) is 0 Å². The number of aliphatic carboxylic acids is 1. The number of ether oxygens (including phenoxy) is 1. The normalized spacial score (nSPS) is 12.7. The lowest BCUT2D eigenvalue weighted by atomic mass is 10.0. The van der Waals surface area contributed by atoms with Gasteiger partial charge in [-0.25, -0.2) is 14.5 Å². The number of nitrogens with zero attached hydrogens (tertiary/aromatic N) is 1. The maximum atomic E-state index is 13.9. The number of hydrogen-bond donors (Lipinski definition) is 6. The number of nitrogens with one attached hydrogen (secondary N) is 2. The van der Waals surface area contributed by atoms with E-state index < -0.39 is 34.7 Å². The quantitative estimate of drug-likeness (QED) is 0.0437. The highest BCUT2D eigenvalue weighted by Gasteiger charge is 2.58. The van der Waals surface area contributed by atoms with E-state index >= 15 is 0 Å². The molecule has 2 aromatic rings. The zero-order valence-electron chi connectivity index (χ0n) is 21.8. The fraction of sp³-hybridized carbons (Fsp3) is 0.346. The number of thioether (sulfide) groups is 1. The summed E-state index contributed by atoms with van der Waals surface area (Å²) in [6.07, 6.45) is -0.238. The molecule has 12 nitrogen and oxygen atoms in total. The van der Waals surface area contributed by atoms with E-state index in [-0.39, 0.29) is 49.3 Å². The van der Waals surface area contributed by atoms with Gasteiger partial charge in [0.1, 0.15) is 6.61 Å². The average molecular weight is 595 g/mol. The van der Waals surface area contributed by atoms with Crippen LogP contribution in [0.25, 0.3) is 0 Å². The third-order valence-corrected chi connectivity index (χ3v) is 6.94. The third kappa shape index (κ3) is 9.23. The largest absolute Gasteiger partial charge is 0.478 e. The lowest BCUT2D eigenvalue weighted by Gasteiger charge is -2.37. The van der Waals surface area contributed by atoms with Crippen LogP contribution in [0.5, 0.6) is 0 Å². The molecular formula is C26H35ClN6O6S. The van der Waals surface area contributed by atoms with Gasteiger partial charge in [-0.05, 0) is 24.9 Å². The number of imide groups is 1. The summed E-state index contributed by atoms with van der Waals surface area (Å²) in [6, 6.07) is 14.7. The lowest BCUT2D eigenvalue weighted by Crippen LogP contribution is -2.65. The van der Waals surface area contributed by atoms with E-state index in [1.807, 2.05) is 0 Å². The van der Waals surface area contributed by atoms with Gasteiger partial charge in [-0.1, -0.05) is 67.1 Å². The predicted octanol–water partition coefficient (Wildman–Crippen LogP) is 1.91. The zero-order valence-corrected chi connectivity index (χ0v) is 23.4. The number of benzene rings is 2. The Morgan fingerprint density at radius 2 is 1.65 bits per heavy atom. The van der Waals surface area contributed by atoms with Crippen molar-refractivity contribution in [1.29, 1.82) is 5.41 Å². The van der Waals surface area contributed by atoms with Gasteiger partial charge < -0.3 is 32.4 Å². The number of carboxylic acids is 1. The number of nitrogens with two attached hydrogens (primary N) is 3. The van der Waals surface area contributed by atoms with E-state index in [1.54, 1.807) is 36.4 Å². The molecule has 0 radical (unpaired) electrons. The van der Waals surface area contributed by atoms with Crippen molar-refractivity contribution < 1.29 is 29.0 Å². The van der Waals surface area contributed by atoms with Crippen molar-refractivity contribution in [2.24, 2.45) is 17.2 Å². The van der Waals surface area contributed by atoms with Crippen LogP contribution < -0.4 is 22.5 Å². The van der Waals surface area contributed by atoms with Crippen LogP contribution in [-0.2, 0) is 20.9 Å². The fourth-order valence-electron chi connectivity index (χ4n) is 3.61. The number of hydrogen-bond acceptors (Lipinski definition) is 9. The summed E-state index contributed by atoms with van der Waals surface area (Å²) in [7, 11) is 0. The molecule has 2 atom stereocenters. The summed E-state index contributed by atoms with van der Waals surface area (Å²) in [5.41, 5.74) is 17.5. The van der Waals surface area contributed by atoms with Crippen LogP contribution in [0.3, 0.4) is 0 Å². The monoisotopic (exact) mass is 594 g/mol. The Hall–Kier alpha value is -3.65. The van der Waals surface area contributed by atoms with E-state index in [4.69, 9.17) is 27.3 Å². The second-order valence-corrected chi connectivity index (χ2v) is 9.73. The molecule has 1 unspecified atom stereocenters. The maximum absolute atomic E-state index is 13.9. The van der Waals surface area contributed by atoms with Gasteiger partial charge >= 0.3 is 12.1 Å². The minimum Gasteiger partial charge on any atom is -0.478 e. The number of ketones is 1. The van der Waals surface area contributed by atoms with Crippen molar-refractivity contribution in [3.05, 3.63) is 71.8 Å². The second-order valence-electron chi connectivity index (χ2n) is 8.44. The van der Waals surface area contributed by atoms with Crippen LogP contribution >= 0.6 is 24.2 Å². The predicted molar refractivity (Wildman–Crippen MR) is 155 cm³/mol. The van der Waals surface area contributed by atoms with Gasteiger partial charge in [-0.3, -0.25) is 15.0 Å². The molecule has 9 N–H and O–H groups in total. The molecule has 0 aromatic heterocycles. The Labute approximate surface area is 242 Å². The van der Waals surface area contributed by atoms with Crippen molar-refractivity contribution in [3.63, 3.8) is 0 Å². The summed E-state index contributed by atoms with van der Waals surface area (Å²) in [5, 5.41) is 20.4. The Kier molecular flexibility index (Phi) is 14.7.